The minimum absolute atomic E-state index is 0.238. The van der Waals surface area contributed by atoms with Crippen molar-refractivity contribution in [1.29, 1.82) is 0 Å². The number of halogens is 2. The highest BCUT2D eigenvalue weighted by Crippen LogP contribution is 2.29. The molecule has 0 aliphatic rings. The summed E-state index contributed by atoms with van der Waals surface area (Å²) in [6.45, 7) is 2.25. The minimum Gasteiger partial charge on any atom is -0.332 e. The van der Waals surface area contributed by atoms with Crippen molar-refractivity contribution < 1.29 is 4.79 Å². The molecule has 1 heterocycles. The molecule has 0 fully saturated rings. The molecule has 0 spiro atoms. The molecule has 0 aliphatic heterocycles. The van der Waals surface area contributed by atoms with Crippen molar-refractivity contribution in [2.75, 3.05) is 0 Å². The SMILES string of the molecule is CC(NC(=O)NCc1nccs1)c1cccc(Cl)c1Cl. The number of carbonyl (C=O) groups is 1. The van der Waals surface area contributed by atoms with Crippen LogP contribution in [0.1, 0.15) is 23.5 Å². The molecule has 20 heavy (non-hydrogen) atoms. The van der Waals surface area contributed by atoms with Gasteiger partial charge in [-0.1, -0.05) is 35.3 Å². The molecule has 2 aromatic rings. The molecule has 106 valence electrons. The van der Waals surface area contributed by atoms with Gasteiger partial charge in [0.25, 0.3) is 0 Å². The van der Waals surface area contributed by atoms with Gasteiger partial charge in [0.15, 0.2) is 0 Å². The van der Waals surface area contributed by atoms with E-state index in [-0.39, 0.29) is 12.1 Å². The van der Waals surface area contributed by atoms with Gasteiger partial charge in [0.05, 0.1) is 22.6 Å². The summed E-state index contributed by atoms with van der Waals surface area (Å²) < 4.78 is 0. The summed E-state index contributed by atoms with van der Waals surface area (Å²) in [7, 11) is 0. The lowest BCUT2D eigenvalue weighted by molar-refractivity contribution is 0.237. The maximum atomic E-state index is 11.8. The highest BCUT2D eigenvalue weighted by Gasteiger charge is 2.14. The van der Waals surface area contributed by atoms with E-state index in [0.717, 1.165) is 10.6 Å². The Kier molecular flexibility index (Phi) is 5.23. The van der Waals surface area contributed by atoms with Crippen LogP contribution in [0, 0.1) is 0 Å². The summed E-state index contributed by atoms with van der Waals surface area (Å²) in [4.78, 5) is 15.9. The van der Waals surface area contributed by atoms with Crippen LogP contribution in [0.4, 0.5) is 4.79 Å². The highest BCUT2D eigenvalue weighted by molar-refractivity contribution is 7.09. The standard InChI is InChI=1S/C13H13Cl2N3OS/c1-8(9-3-2-4-10(14)12(9)15)18-13(19)17-7-11-16-5-6-20-11/h2-6,8H,7H2,1H3,(H2,17,18,19). The normalized spacial score (nSPS) is 11.9. The first-order valence-corrected chi connectivity index (χ1v) is 7.58. The first kappa shape index (κ1) is 15.1. The van der Waals surface area contributed by atoms with Crippen molar-refractivity contribution in [3.05, 3.63) is 50.4 Å². The number of hydrogen-bond donors (Lipinski definition) is 2. The summed E-state index contributed by atoms with van der Waals surface area (Å²) in [6, 6.07) is 4.83. The Morgan fingerprint density at radius 3 is 2.95 bits per heavy atom. The summed E-state index contributed by atoms with van der Waals surface area (Å²) in [5.41, 5.74) is 0.781. The fourth-order valence-corrected chi connectivity index (χ4v) is 2.70. The van der Waals surface area contributed by atoms with E-state index < -0.39 is 0 Å². The minimum atomic E-state index is -0.274. The van der Waals surface area contributed by atoms with Gasteiger partial charge in [-0.3, -0.25) is 0 Å². The number of thiazole rings is 1. The topological polar surface area (TPSA) is 54.0 Å². The predicted molar refractivity (Wildman–Crippen MR) is 82.4 cm³/mol. The van der Waals surface area contributed by atoms with Gasteiger partial charge in [0.1, 0.15) is 5.01 Å². The molecule has 1 atom stereocenters. The number of benzene rings is 1. The lowest BCUT2D eigenvalue weighted by atomic mass is 10.1. The van der Waals surface area contributed by atoms with E-state index >= 15 is 0 Å². The van der Waals surface area contributed by atoms with Crippen LogP contribution in [-0.4, -0.2) is 11.0 Å². The highest BCUT2D eigenvalue weighted by atomic mass is 35.5. The molecule has 1 unspecified atom stereocenters. The number of carbonyl (C=O) groups excluding carboxylic acids is 1. The van der Waals surface area contributed by atoms with Crippen LogP contribution in [-0.2, 0) is 6.54 Å². The lowest BCUT2D eigenvalue weighted by Crippen LogP contribution is -2.36. The van der Waals surface area contributed by atoms with Crippen molar-refractivity contribution in [2.45, 2.75) is 19.5 Å². The van der Waals surface area contributed by atoms with Crippen LogP contribution in [0.15, 0.2) is 29.8 Å². The molecule has 2 amide bonds. The van der Waals surface area contributed by atoms with Gasteiger partial charge in [-0.25, -0.2) is 9.78 Å². The Morgan fingerprint density at radius 2 is 2.25 bits per heavy atom. The zero-order valence-corrected chi connectivity index (χ0v) is 13.0. The molecule has 4 nitrogen and oxygen atoms in total. The molecule has 2 N–H and O–H groups in total. The third kappa shape index (κ3) is 3.85. The second kappa shape index (κ2) is 6.92. The maximum Gasteiger partial charge on any atom is 0.315 e. The van der Waals surface area contributed by atoms with E-state index in [4.69, 9.17) is 23.2 Å². The van der Waals surface area contributed by atoms with Gasteiger partial charge in [-0.05, 0) is 18.6 Å². The zero-order valence-electron chi connectivity index (χ0n) is 10.7. The largest absolute Gasteiger partial charge is 0.332 e. The fraction of sp³-hybridized carbons (Fsp3) is 0.231. The molecule has 0 aliphatic carbocycles. The number of rotatable bonds is 4. The molecule has 0 radical (unpaired) electrons. The first-order valence-electron chi connectivity index (χ1n) is 5.94. The number of nitrogens with one attached hydrogen (secondary N) is 2. The van der Waals surface area contributed by atoms with Crippen LogP contribution in [0.25, 0.3) is 0 Å². The quantitative estimate of drug-likeness (QED) is 0.890. The van der Waals surface area contributed by atoms with E-state index in [0.29, 0.717) is 16.6 Å². The van der Waals surface area contributed by atoms with Crippen LogP contribution in [0.2, 0.25) is 10.0 Å². The van der Waals surface area contributed by atoms with E-state index in [1.54, 1.807) is 18.3 Å². The van der Waals surface area contributed by atoms with Crippen molar-refractivity contribution in [3.8, 4) is 0 Å². The monoisotopic (exact) mass is 329 g/mol. The molecule has 1 aromatic carbocycles. The van der Waals surface area contributed by atoms with E-state index in [1.807, 2.05) is 18.4 Å². The van der Waals surface area contributed by atoms with Gasteiger partial charge in [-0.15, -0.1) is 11.3 Å². The molecule has 7 heteroatoms. The summed E-state index contributed by atoms with van der Waals surface area (Å²) in [6.07, 6.45) is 1.70. The Hall–Kier alpha value is -1.30. The summed E-state index contributed by atoms with van der Waals surface area (Å²) in [5, 5.41) is 9.20. The van der Waals surface area contributed by atoms with Crippen molar-refractivity contribution in [1.82, 2.24) is 15.6 Å². The number of nitrogens with zero attached hydrogens (tertiary/aromatic N) is 1. The van der Waals surface area contributed by atoms with Gasteiger partial charge in [0.2, 0.25) is 0 Å². The molecule has 1 aromatic heterocycles. The summed E-state index contributed by atoms with van der Waals surface area (Å²) >= 11 is 13.6. The molecule has 2 rings (SSSR count). The van der Waals surface area contributed by atoms with Crippen molar-refractivity contribution in [2.24, 2.45) is 0 Å². The van der Waals surface area contributed by atoms with Crippen molar-refractivity contribution >= 4 is 40.6 Å². The number of amides is 2. The molecule has 0 saturated heterocycles. The molecular weight excluding hydrogens is 317 g/mol. The van der Waals surface area contributed by atoms with Crippen LogP contribution >= 0.6 is 34.5 Å². The number of urea groups is 1. The van der Waals surface area contributed by atoms with Gasteiger partial charge in [-0.2, -0.15) is 0 Å². The average molecular weight is 330 g/mol. The van der Waals surface area contributed by atoms with E-state index in [9.17, 15) is 4.79 Å². The summed E-state index contributed by atoms with van der Waals surface area (Å²) in [5.74, 6) is 0. The fourth-order valence-electron chi connectivity index (χ4n) is 1.68. The maximum absolute atomic E-state index is 11.8. The molecule has 0 bridgehead atoms. The first-order chi connectivity index (χ1) is 9.58. The lowest BCUT2D eigenvalue weighted by Gasteiger charge is -2.16. The van der Waals surface area contributed by atoms with Gasteiger partial charge < -0.3 is 10.6 Å². The van der Waals surface area contributed by atoms with Crippen LogP contribution < -0.4 is 10.6 Å². The van der Waals surface area contributed by atoms with E-state index in [2.05, 4.69) is 15.6 Å². The second-order valence-corrected chi connectivity index (χ2v) is 5.88. The third-order valence-corrected chi connectivity index (χ3v) is 4.29. The number of hydrogen-bond acceptors (Lipinski definition) is 3. The Balaban J connectivity index is 1.92. The molecule has 0 saturated carbocycles. The van der Waals surface area contributed by atoms with Crippen LogP contribution in [0.3, 0.4) is 0 Å². The third-order valence-electron chi connectivity index (χ3n) is 2.68. The Labute approximate surface area is 131 Å². The van der Waals surface area contributed by atoms with Crippen molar-refractivity contribution in [3.63, 3.8) is 0 Å². The van der Waals surface area contributed by atoms with E-state index in [1.165, 1.54) is 11.3 Å². The Bertz CT molecular complexity index is 589. The second-order valence-electron chi connectivity index (χ2n) is 4.12. The van der Waals surface area contributed by atoms with Gasteiger partial charge in [0, 0.05) is 11.6 Å². The average Bonchev–Trinajstić information content (AvgIpc) is 2.92. The molecular formula is C13H13Cl2N3OS. The van der Waals surface area contributed by atoms with Gasteiger partial charge >= 0.3 is 6.03 Å². The zero-order chi connectivity index (χ0) is 14.5. The van der Waals surface area contributed by atoms with Crippen LogP contribution in [0.5, 0.6) is 0 Å². The predicted octanol–water partition coefficient (Wildman–Crippen LogP) is 4.01. The Morgan fingerprint density at radius 1 is 1.45 bits per heavy atom. The smallest absolute Gasteiger partial charge is 0.315 e. The number of aromatic nitrogens is 1.